The molecule has 4 rings (SSSR count). The van der Waals surface area contributed by atoms with Crippen LogP contribution in [0.2, 0.25) is 0 Å². The van der Waals surface area contributed by atoms with Crippen LogP contribution >= 0.6 is 0 Å². The van der Waals surface area contributed by atoms with E-state index in [1.54, 1.807) is 21.7 Å². The van der Waals surface area contributed by atoms with Crippen molar-refractivity contribution in [1.82, 2.24) is 13.6 Å². The Morgan fingerprint density at radius 2 is 1.81 bits per heavy atom. The van der Waals surface area contributed by atoms with Crippen molar-refractivity contribution in [3.8, 4) is 0 Å². The third-order valence-electron chi connectivity index (χ3n) is 6.48. The highest BCUT2D eigenvalue weighted by Crippen LogP contribution is 2.33. The van der Waals surface area contributed by atoms with Crippen molar-refractivity contribution in [1.29, 1.82) is 0 Å². The Kier molecular flexibility index (Phi) is 6.14. The van der Waals surface area contributed by atoms with Crippen LogP contribution in [0.1, 0.15) is 37.8 Å². The number of aryl methyl sites for hydroxylation is 1. The molecule has 2 aliphatic rings. The summed E-state index contributed by atoms with van der Waals surface area (Å²) in [7, 11) is -1.79. The molecule has 1 saturated heterocycles. The lowest BCUT2D eigenvalue weighted by atomic mass is 9.96. The summed E-state index contributed by atoms with van der Waals surface area (Å²) >= 11 is 0. The SMILES string of the molecule is Cc1cc(N2CCN(S(=O)(=O)N(C)C3CCCCC3)CC2)c2cccc([N+](=O)[O-])c2n1. The molecule has 10 heteroatoms. The van der Waals surface area contributed by atoms with Crippen LogP contribution in [0.5, 0.6) is 0 Å². The first kappa shape index (κ1) is 21.9. The van der Waals surface area contributed by atoms with E-state index in [-0.39, 0.29) is 11.7 Å². The molecule has 1 saturated carbocycles. The van der Waals surface area contributed by atoms with Crippen molar-refractivity contribution in [2.45, 2.75) is 45.1 Å². The van der Waals surface area contributed by atoms with Crippen LogP contribution in [0.3, 0.4) is 0 Å². The van der Waals surface area contributed by atoms with Gasteiger partial charge in [-0.2, -0.15) is 17.0 Å². The predicted molar refractivity (Wildman–Crippen MR) is 120 cm³/mol. The molecular weight excluding hydrogens is 418 g/mol. The first-order chi connectivity index (χ1) is 14.8. The fourth-order valence-corrected chi connectivity index (χ4v) is 6.30. The second-order valence-corrected chi connectivity index (χ2v) is 10.4. The third-order valence-corrected chi connectivity index (χ3v) is 8.52. The number of nitro benzene ring substituents is 1. The highest BCUT2D eigenvalue weighted by atomic mass is 32.2. The molecule has 0 amide bonds. The van der Waals surface area contributed by atoms with Gasteiger partial charge in [0, 0.05) is 62.1 Å². The lowest BCUT2D eigenvalue weighted by Crippen LogP contribution is -2.54. The van der Waals surface area contributed by atoms with E-state index in [4.69, 9.17) is 0 Å². The average molecular weight is 448 g/mol. The van der Waals surface area contributed by atoms with Gasteiger partial charge in [-0.05, 0) is 25.8 Å². The van der Waals surface area contributed by atoms with Crippen LogP contribution in [0.15, 0.2) is 24.3 Å². The van der Waals surface area contributed by atoms with Crippen LogP contribution < -0.4 is 4.90 Å². The van der Waals surface area contributed by atoms with Crippen LogP contribution in [-0.4, -0.2) is 66.2 Å². The molecule has 2 aromatic rings. The van der Waals surface area contributed by atoms with E-state index in [0.29, 0.717) is 37.4 Å². The summed E-state index contributed by atoms with van der Waals surface area (Å²) in [6.07, 6.45) is 5.20. The summed E-state index contributed by atoms with van der Waals surface area (Å²) in [5.74, 6) is 0. The molecule has 0 N–H and O–H groups in total. The van der Waals surface area contributed by atoms with Gasteiger partial charge in [-0.15, -0.1) is 0 Å². The number of pyridine rings is 1. The van der Waals surface area contributed by atoms with E-state index < -0.39 is 15.1 Å². The minimum absolute atomic E-state index is 0.0160. The summed E-state index contributed by atoms with van der Waals surface area (Å²) in [5.41, 5.74) is 1.92. The number of rotatable bonds is 5. The van der Waals surface area contributed by atoms with E-state index in [0.717, 1.165) is 36.8 Å². The summed E-state index contributed by atoms with van der Waals surface area (Å²) in [4.78, 5) is 17.5. The molecular formula is C21H29N5O4S. The number of anilines is 1. The van der Waals surface area contributed by atoms with Gasteiger partial charge in [-0.25, -0.2) is 4.98 Å². The van der Waals surface area contributed by atoms with Crippen LogP contribution in [0.4, 0.5) is 11.4 Å². The average Bonchev–Trinajstić information content (AvgIpc) is 2.78. The second-order valence-electron chi connectivity index (χ2n) is 8.42. The van der Waals surface area contributed by atoms with Crippen LogP contribution in [0.25, 0.3) is 10.9 Å². The van der Waals surface area contributed by atoms with E-state index in [1.165, 1.54) is 12.5 Å². The molecule has 0 spiro atoms. The zero-order valence-corrected chi connectivity index (χ0v) is 18.8. The number of piperazine rings is 1. The molecule has 1 aromatic heterocycles. The third kappa shape index (κ3) is 4.24. The number of benzene rings is 1. The molecule has 2 fully saturated rings. The first-order valence-corrected chi connectivity index (χ1v) is 12.2. The zero-order chi connectivity index (χ0) is 22.2. The van der Waals surface area contributed by atoms with Gasteiger partial charge in [0.1, 0.15) is 0 Å². The number of fused-ring (bicyclic) bond motifs is 1. The molecule has 168 valence electrons. The molecule has 31 heavy (non-hydrogen) atoms. The topological polar surface area (TPSA) is 99.9 Å². The fraction of sp³-hybridized carbons (Fsp3) is 0.571. The van der Waals surface area contributed by atoms with Gasteiger partial charge in [0.2, 0.25) is 0 Å². The Hall–Kier alpha value is -2.30. The molecule has 2 heterocycles. The largest absolute Gasteiger partial charge is 0.368 e. The van der Waals surface area contributed by atoms with Crippen molar-refractivity contribution in [3.05, 3.63) is 40.1 Å². The Morgan fingerprint density at radius 1 is 1.13 bits per heavy atom. The maximum atomic E-state index is 13.2. The minimum atomic E-state index is -3.50. The maximum absolute atomic E-state index is 13.2. The van der Waals surface area contributed by atoms with E-state index in [9.17, 15) is 18.5 Å². The van der Waals surface area contributed by atoms with Gasteiger partial charge in [-0.1, -0.05) is 31.4 Å². The van der Waals surface area contributed by atoms with Gasteiger partial charge in [0.25, 0.3) is 15.9 Å². The van der Waals surface area contributed by atoms with Crippen molar-refractivity contribution >= 4 is 32.5 Å². The molecule has 0 radical (unpaired) electrons. The van der Waals surface area contributed by atoms with Gasteiger partial charge in [0.15, 0.2) is 5.52 Å². The number of aromatic nitrogens is 1. The highest BCUT2D eigenvalue weighted by Gasteiger charge is 2.35. The molecule has 0 bridgehead atoms. The second kappa shape index (κ2) is 8.68. The highest BCUT2D eigenvalue weighted by molar-refractivity contribution is 7.86. The van der Waals surface area contributed by atoms with Crippen LogP contribution in [0, 0.1) is 17.0 Å². The molecule has 1 aliphatic heterocycles. The van der Waals surface area contributed by atoms with Crippen molar-refractivity contribution in [2.24, 2.45) is 0 Å². The summed E-state index contributed by atoms with van der Waals surface area (Å²) < 4.78 is 29.5. The zero-order valence-electron chi connectivity index (χ0n) is 18.0. The summed E-state index contributed by atoms with van der Waals surface area (Å²) in [6.45, 7) is 3.64. The van der Waals surface area contributed by atoms with Gasteiger partial charge < -0.3 is 4.90 Å². The Morgan fingerprint density at radius 3 is 2.45 bits per heavy atom. The number of non-ortho nitro benzene ring substituents is 1. The first-order valence-electron chi connectivity index (χ1n) is 10.8. The summed E-state index contributed by atoms with van der Waals surface area (Å²) in [5, 5.41) is 12.2. The van der Waals surface area contributed by atoms with Crippen LogP contribution in [-0.2, 0) is 10.2 Å². The van der Waals surface area contributed by atoms with Crippen molar-refractivity contribution in [2.75, 3.05) is 38.1 Å². The maximum Gasteiger partial charge on any atom is 0.295 e. The van der Waals surface area contributed by atoms with Crippen molar-refractivity contribution < 1.29 is 13.3 Å². The number of nitrogens with zero attached hydrogens (tertiary/aromatic N) is 5. The van der Waals surface area contributed by atoms with Gasteiger partial charge in [-0.3, -0.25) is 10.1 Å². The Balaban J connectivity index is 1.54. The molecule has 1 aliphatic carbocycles. The van der Waals surface area contributed by atoms with E-state index in [2.05, 4.69) is 9.88 Å². The number of para-hydroxylation sites is 1. The Bertz CT molecular complexity index is 1080. The minimum Gasteiger partial charge on any atom is -0.368 e. The van der Waals surface area contributed by atoms with Crippen molar-refractivity contribution in [3.63, 3.8) is 0 Å². The molecule has 1 aromatic carbocycles. The molecule has 9 nitrogen and oxygen atoms in total. The number of nitro groups is 1. The number of hydrogen-bond donors (Lipinski definition) is 0. The standard InChI is InChI=1S/C21H29N5O4S/c1-16-15-20(18-9-6-10-19(26(27)28)21(18)22-16)24-11-13-25(14-12-24)31(29,30)23(2)17-7-4-3-5-8-17/h6,9-10,15,17H,3-5,7-8,11-14H2,1-2H3. The molecule has 0 atom stereocenters. The number of hydrogen-bond acceptors (Lipinski definition) is 6. The normalized spacial score (nSPS) is 19.3. The predicted octanol–water partition coefficient (Wildman–Crippen LogP) is 3.08. The monoisotopic (exact) mass is 447 g/mol. The quantitative estimate of drug-likeness (QED) is 0.516. The van der Waals surface area contributed by atoms with Gasteiger partial charge in [0.05, 0.1) is 4.92 Å². The summed E-state index contributed by atoms with van der Waals surface area (Å²) in [6, 6.07) is 6.98. The molecule has 0 unspecified atom stereocenters. The van der Waals surface area contributed by atoms with E-state index >= 15 is 0 Å². The lowest BCUT2D eigenvalue weighted by molar-refractivity contribution is -0.383. The smallest absolute Gasteiger partial charge is 0.295 e. The Labute approximate surface area is 183 Å². The van der Waals surface area contributed by atoms with Gasteiger partial charge >= 0.3 is 0 Å². The fourth-order valence-electron chi connectivity index (χ4n) is 4.72. The van der Waals surface area contributed by atoms with E-state index in [1.807, 2.05) is 19.1 Å². The lowest BCUT2D eigenvalue weighted by Gasteiger charge is -2.39.